The lowest BCUT2D eigenvalue weighted by atomic mass is 9.95. The van der Waals surface area contributed by atoms with Crippen LogP contribution in [0, 0.1) is 5.82 Å². The van der Waals surface area contributed by atoms with Gasteiger partial charge in [0, 0.05) is 23.1 Å². The quantitative estimate of drug-likeness (QED) is 0.615. The van der Waals surface area contributed by atoms with Gasteiger partial charge in [0.25, 0.3) is 0 Å². The molecule has 0 aliphatic carbocycles. The molecule has 6 rings (SSSR count). The Hall–Kier alpha value is -3.54. The highest BCUT2D eigenvalue weighted by atomic mass is 19.1. The van der Waals surface area contributed by atoms with Crippen molar-refractivity contribution in [2.75, 3.05) is 13.2 Å². The first-order valence-corrected chi connectivity index (χ1v) is 10.0. The van der Waals surface area contributed by atoms with E-state index < -0.39 is 6.23 Å². The third-order valence-electron chi connectivity index (χ3n) is 5.73. The zero-order chi connectivity index (χ0) is 20.1. The highest BCUT2D eigenvalue weighted by Gasteiger charge is 2.41. The van der Waals surface area contributed by atoms with Gasteiger partial charge in [0.2, 0.25) is 6.23 Å². The second-order valence-corrected chi connectivity index (χ2v) is 7.56. The SMILES string of the molecule is Fc1ccc([C@H]2Oc3ccccc3[C@@H]3CC(c4ccc5c(c4)OCCO5)=NN23)cc1. The molecule has 3 aromatic carbocycles. The standard InChI is InChI=1S/C24H19FN2O3/c25-17-8-5-15(6-9-17)24-27-20(18-3-1-2-4-21(18)30-24)14-19(26-27)16-7-10-22-23(13-16)29-12-11-28-22/h1-10,13,20,24H,11-12,14H2/t20-,24+/m0/s1. The monoisotopic (exact) mass is 402 g/mol. The van der Waals surface area contributed by atoms with Gasteiger partial charge in [-0.2, -0.15) is 5.10 Å². The van der Waals surface area contributed by atoms with Gasteiger partial charge in [-0.3, -0.25) is 0 Å². The van der Waals surface area contributed by atoms with Crippen molar-refractivity contribution in [3.8, 4) is 17.2 Å². The first-order valence-electron chi connectivity index (χ1n) is 10.0. The van der Waals surface area contributed by atoms with E-state index in [4.69, 9.17) is 19.3 Å². The van der Waals surface area contributed by atoms with E-state index in [2.05, 4.69) is 6.07 Å². The molecule has 3 aliphatic heterocycles. The molecule has 0 saturated carbocycles. The van der Waals surface area contributed by atoms with E-state index in [0.717, 1.165) is 46.1 Å². The Balaban J connectivity index is 1.41. The normalized spacial score (nSPS) is 21.4. The molecule has 30 heavy (non-hydrogen) atoms. The number of ether oxygens (including phenoxy) is 3. The van der Waals surface area contributed by atoms with Crippen LogP contribution in [0.1, 0.15) is 35.4 Å². The Kier molecular flexibility index (Phi) is 3.91. The second-order valence-electron chi connectivity index (χ2n) is 7.56. The maximum Gasteiger partial charge on any atom is 0.213 e. The van der Waals surface area contributed by atoms with Crippen LogP contribution in [0.5, 0.6) is 17.2 Å². The third-order valence-corrected chi connectivity index (χ3v) is 5.73. The summed E-state index contributed by atoms with van der Waals surface area (Å²) in [5, 5.41) is 6.93. The Morgan fingerprint density at radius 3 is 2.53 bits per heavy atom. The van der Waals surface area contributed by atoms with E-state index in [1.807, 2.05) is 41.4 Å². The van der Waals surface area contributed by atoms with Gasteiger partial charge in [0.15, 0.2) is 11.5 Å². The van der Waals surface area contributed by atoms with Crippen LogP contribution in [0.4, 0.5) is 4.39 Å². The van der Waals surface area contributed by atoms with E-state index in [1.165, 1.54) is 12.1 Å². The summed E-state index contributed by atoms with van der Waals surface area (Å²) < 4.78 is 31.2. The van der Waals surface area contributed by atoms with Crippen molar-refractivity contribution in [2.24, 2.45) is 5.10 Å². The fraction of sp³-hybridized carbons (Fsp3) is 0.208. The van der Waals surface area contributed by atoms with Gasteiger partial charge in [0.1, 0.15) is 24.8 Å². The van der Waals surface area contributed by atoms with Crippen LogP contribution in [0.3, 0.4) is 0 Å². The molecule has 0 radical (unpaired) electrons. The van der Waals surface area contributed by atoms with Crippen molar-refractivity contribution in [2.45, 2.75) is 18.7 Å². The molecule has 3 heterocycles. The molecule has 0 amide bonds. The van der Waals surface area contributed by atoms with Crippen molar-refractivity contribution in [1.29, 1.82) is 0 Å². The average Bonchev–Trinajstić information content (AvgIpc) is 3.25. The topological polar surface area (TPSA) is 43.3 Å². The number of hydrogen-bond acceptors (Lipinski definition) is 5. The molecule has 5 nitrogen and oxygen atoms in total. The molecule has 0 aromatic heterocycles. The second kappa shape index (κ2) is 6.76. The van der Waals surface area contributed by atoms with Gasteiger partial charge in [0.05, 0.1) is 11.8 Å². The molecule has 0 bridgehead atoms. The van der Waals surface area contributed by atoms with Crippen molar-refractivity contribution in [1.82, 2.24) is 5.01 Å². The van der Waals surface area contributed by atoms with Crippen LogP contribution in [-0.4, -0.2) is 23.9 Å². The fourth-order valence-electron chi connectivity index (χ4n) is 4.28. The van der Waals surface area contributed by atoms with Gasteiger partial charge >= 0.3 is 0 Å². The molecule has 6 heteroatoms. The molecule has 0 N–H and O–H groups in total. The van der Waals surface area contributed by atoms with E-state index >= 15 is 0 Å². The average molecular weight is 402 g/mol. The van der Waals surface area contributed by atoms with Crippen LogP contribution in [-0.2, 0) is 0 Å². The first kappa shape index (κ1) is 17.3. The summed E-state index contributed by atoms with van der Waals surface area (Å²) in [5.41, 5.74) is 3.93. The number of nitrogens with zero attached hydrogens (tertiary/aromatic N) is 2. The molecule has 0 unspecified atom stereocenters. The summed E-state index contributed by atoms with van der Waals surface area (Å²) in [6, 6.07) is 20.4. The highest BCUT2D eigenvalue weighted by Crippen LogP contribution is 2.47. The summed E-state index contributed by atoms with van der Waals surface area (Å²) in [4.78, 5) is 0. The summed E-state index contributed by atoms with van der Waals surface area (Å²) in [6.45, 7) is 1.11. The fourth-order valence-corrected chi connectivity index (χ4v) is 4.28. The number of rotatable bonds is 2. The van der Waals surface area contributed by atoms with Gasteiger partial charge in [-0.05, 0) is 36.4 Å². The summed E-state index contributed by atoms with van der Waals surface area (Å²) >= 11 is 0. The number of para-hydroxylation sites is 1. The van der Waals surface area contributed by atoms with Gasteiger partial charge in [-0.25, -0.2) is 9.40 Å². The number of hydrogen-bond donors (Lipinski definition) is 0. The molecular weight excluding hydrogens is 383 g/mol. The largest absolute Gasteiger partial charge is 0.486 e. The van der Waals surface area contributed by atoms with E-state index in [1.54, 1.807) is 12.1 Å². The predicted octanol–water partition coefficient (Wildman–Crippen LogP) is 4.84. The third kappa shape index (κ3) is 2.79. The Morgan fingerprint density at radius 2 is 1.67 bits per heavy atom. The molecule has 0 fully saturated rings. The smallest absolute Gasteiger partial charge is 0.213 e. The first-order chi connectivity index (χ1) is 14.8. The molecule has 3 aliphatic rings. The summed E-state index contributed by atoms with van der Waals surface area (Å²) in [5.74, 6) is 2.08. The maximum absolute atomic E-state index is 13.5. The number of benzene rings is 3. The lowest BCUT2D eigenvalue weighted by Crippen LogP contribution is -2.33. The van der Waals surface area contributed by atoms with Gasteiger partial charge in [-0.1, -0.05) is 30.3 Å². The molecule has 2 atom stereocenters. The molecular formula is C24H19FN2O3. The minimum atomic E-state index is -0.416. The van der Waals surface area contributed by atoms with Crippen LogP contribution in [0.15, 0.2) is 71.8 Å². The molecule has 150 valence electrons. The van der Waals surface area contributed by atoms with Crippen LogP contribution < -0.4 is 14.2 Å². The lowest BCUT2D eigenvalue weighted by Gasteiger charge is -2.38. The molecule has 0 spiro atoms. The number of hydrazone groups is 1. The van der Waals surface area contributed by atoms with Crippen molar-refractivity contribution in [3.05, 3.63) is 89.2 Å². The predicted molar refractivity (Wildman–Crippen MR) is 109 cm³/mol. The Labute approximate surface area is 173 Å². The van der Waals surface area contributed by atoms with Gasteiger partial charge < -0.3 is 14.2 Å². The zero-order valence-corrected chi connectivity index (χ0v) is 16.1. The maximum atomic E-state index is 13.5. The lowest BCUT2D eigenvalue weighted by molar-refractivity contribution is -0.0190. The van der Waals surface area contributed by atoms with Crippen LogP contribution in [0.2, 0.25) is 0 Å². The van der Waals surface area contributed by atoms with Gasteiger partial charge in [-0.15, -0.1) is 0 Å². The minimum Gasteiger partial charge on any atom is -0.486 e. The number of fused-ring (bicyclic) bond motifs is 4. The van der Waals surface area contributed by atoms with E-state index in [9.17, 15) is 4.39 Å². The molecule has 0 saturated heterocycles. The Morgan fingerprint density at radius 1 is 0.867 bits per heavy atom. The minimum absolute atomic E-state index is 0.0493. The van der Waals surface area contributed by atoms with E-state index in [0.29, 0.717) is 13.2 Å². The van der Waals surface area contributed by atoms with Crippen molar-refractivity contribution in [3.63, 3.8) is 0 Å². The van der Waals surface area contributed by atoms with Crippen molar-refractivity contribution < 1.29 is 18.6 Å². The van der Waals surface area contributed by atoms with Crippen molar-refractivity contribution >= 4 is 5.71 Å². The van der Waals surface area contributed by atoms with Crippen LogP contribution >= 0.6 is 0 Å². The summed E-state index contributed by atoms with van der Waals surface area (Å²) in [6.07, 6.45) is 0.331. The van der Waals surface area contributed by atoms with Crippen LogP contribution in [0.25, 0.3) is 0 Å². The number of halogens is 1. The zero-order valence-electron chi connectivity index (χ0n) is 16.1. The molecule has 3 aromatic rings. The van der Waals surface area contributed by atoms with E-state index in [-0.39, 0.29) is 11.9 Å². The highest BCUT2D eigenvalue weighted by molar-refractivity contribution is 6.02. The Bertz CT molecular complexity index is 1150. The summed E-state index contributed by atoms with van der Waals surface area (Å²) in [7, 11) is 0.